The molecule has 0 atom stereocenters. The van der Waals surface area contributed by atoms with E-state index in [0.717, 1.165) is 22.5 Å². The standard InChI is InChI=1S/C23H20N4O3S/c1-16-7-9-17(10-8-16)22-15-21(26-27(22)19-5-3-2-4-6-19)23(28)25-18-11-13-20(14-12-18)31(24,29)30/h2-15H,1H3,(H,25,28)(H2,24,29,30). The maximum atomic E-state index is 12.8. The molecule has 1 aromatic heterocycles. The van der Waals surface area contributed by atoms with E-state index >= 15 is 0 Å². The molecule has 0 radical (unpaired) electrons. The van der Waals surface area contributed by atoms with E-state index in [1.165, 1.54) is 24.3 Å². The van der Waals surface area contributed by atoms with E-state index in [2.05, 4.69) is 10.4 Å². The molecule has 0 saturated heterocycles. The van der Waals surface area contributed by atoms with E-state index in [1.807, 2.05) is 61.5 Å². The number of nitrogens with two attached hydrogens (primary N) is 1. The van der Waals surface area contributed by atoms with Gasteiger partial charge in [-0.2, -0.15) is 5.10 Å². The van der Waals surface area contributed by atoms with E-state index in [1.54, 1.807) is 10.7 Å². The van der Waals surface area contributed by atoms with Gasteiger partial charge < -0.3 is 5.32 Å². The second-order valence-electron chi connectivity index (χ2n) is 7.05. The first kappa shape index (κ1) is 20.5. The quantitative estimate of drug-likeness (QED) is 0.501. The molecule has 156 valence electrons. The highest BCUT2D eigenvalue weighted by atomic mass is 32.2. The fraction of sp³-hybridized carbons (Fsp3) is 0.0435. The Kier molecular flexibility index (Phi) is 5.41. The number of aryl methyl sites for hydroxylation is 1. The normalized spacial score (nSPS) is 11.3. The number of aromatic nitrogens is 2. The number of primary sulfonamides is 1. The largest absolute Gasteiger partial charge is 0.321 e. The van der Waals surface area contributed by atoms with Crippen molar-refractivity contribution in [2.45, 2.75) is 11.8 Å². The van der Waals surface area contributed by atoms with Crippen LogP contribution in [0.3, 0.4) is 0 Å². The van der Waals surface area contributed by atoms with Crippen molar-refractivity contribution in [2.75, 3.05) is 5.32 Å². The average molecular weight is 433 g/mol. The van der Waals surface area contributed by atoms with Crippen LogP contribution in [0.25, 0.3) is 16.9 Å². The minimum Gasteiger partial charge on any atom is -0.321 e. The number of hydrogen-bond donors (Lipinski definition) is 2. The fourth-order valence-electron chi connectivity index (χ4n) is 3.11. The number of rotatable bonds is 5. The van der Waals surface area contributed by atoms with Crippen LogP contribution in [0.15, 0.2) is 89.8 Å². The summed E-state index contributed by atoms with van der Waals surface area (Å²) < 4.78 is 24.5. The molecular weight excluding hydrogens is 412 g/mol. The molecule has 7 nitrogen and oxygen atoms in total. The van der Waals surface area contributed by atoms with Crippen LogP contribution in [0.1, 0.15) is 16.1 Å². The zero-order valence-electron chi connectivity index (χ0n) is 16.7. The summed E-state index contributed by atoms with van der Waals surface area (Å²) in [4.78, 5) is 12.8. The Hall–Kier alpha value is -3.75. The van der Waals surface area contributed by atoms with Gasteiger partial charge in [-0.05, 0) is 49.4 Å². The van der Waals surface area contributed by atoms with Gasteiger partial charge in [0.2, 0.25) is 10.0 Å². The summed E-state index contributed by atoms with van der Waals surface area (Å²) in [6.45, 7) is 2.01. The minimum absolute atomic E-state index is 0.0273. The van der Waals surface area contributed by atoms with Crippen molar-refractivity contribution in [2.24, 2.45) is 5.14 Å². The summed E-state index contributed by atoms with van der Waals surface area (Å²) in [5, 5.41) is 12.4. The maximum Gasteiger partial charge on any atom is 0.276 e. The highest BCUT2D eigenvalue weighted by Gasteiger charge is 2.17. The molecule has 3 N–H and O–H groups in total. The molecule has 0 aliphatic rings. The Morgan fingerprint density at radius 3 is 2.19 bits per heavy atom. The predicted octanol–water partition coefficient (Wildman–Crippen LogP) is 3.75. The van der Waals surface area contributed by atoms with E-state index in [0.29, 0.717) is 5.69 Å². The van der Waals surface area contributed by atoms with Crippen LogP contribution in [-0.4, -0.2) is 24.1 Å². The first-order valence-electron chi connectivity index (χ1n) is 9.48. The van der Waals surface area contributed by atoms with Crippen molar-refractivity contribution in [1.29, 1.82) is 0 Å². The van der Waals surface area contributed by atoms with Crippen LogP contribution in [0, 0.1) is 6.92 Å². The zero-order chi connectivity index (χ0) is 22.0. The van der Waals surface area contributed by atoms with E-state index in [4.69, 9.17) is 5.14 Å². The molecular formula is C23H20N4O3S. The van der Waals surface area contributed by atoms with Crippen LogP contribution >= 0.6 is 0 Å². The molecule has 0 fully saturated rings. The van der Waals surface area contributed by atoms with E-state index < -0.39 is 15.9 Å². The van der Waals surface area contributed by atoms with E-state index in [-0.39, 0.29) is 10.6 Å². The van der Waals surface area contributed by atoms with Crippen molar-refractivity contribution in [3.05, 3.63) is 96.2 Å². The van der Waals surface area contributed by atoms with Crippen molar-refractivity contribution in [3.63, 3.8) is 0 Å². The Bertz CT molecular complexity index is 1330. The first-order valence-corrected chi connectivity index (χ1v) is 11.0. The second-order valence-corrected chi connectivity index (χ2v) is 8.61. The number of anilines is 1. The molecule has 0 aliphatic heterocycles. The topological polar surface area (TPSA) is 107 Å². The summed E-state index contributed by atoms with van der Waals surface area (Å²) in [5.41, 5.74) is 4.34. The lowest BCUT2D eigenvalue weighted by molar-refractivity contribution is 0.102. The van der Waals surface area contributed by atoms with Gasteiger partial charge in [0, 0.05) is 11.3 Å². The SMILES string of the molecule is Cc1ccc(-c2cc(C(=O)Nc3ccc(S(N)(=O)=O)cc3)nn2-c2ccccc2)cc1. The molecule has 1 amide bonds. The van der Waals surface area contributed by atoms with Gasteiger partial charge in [0.05, 0.1) is 16.3 Å². The Labute approximate surface area is 180 Å². The van der Waals surface area contributed by atoms with Gasteiger partial charge in [0.15, 0.2) is 5.69 Å². The van der Waals surface area contributed by atoms with Gasteiger partial charge in [-0.1, -0.05) is 48.0 Å². The summed E-state index contributed by atoms with van der Waals surface area (Å²) in [5.74, 6) is -0.411. The molecule has 3 aromatic carbocycles. The number of para-hydroxylation sites is 1. The lowest BCUT2D eigenvalue weighted by Crippen LogP contribution is -2.14. The highest BCUT2D eigenvalue weighted by Crippen LogP contribution is 2.25. The number of hydrogen-bond acceptors (Lipinski definition) is 4. The number of carbonyl (C=O) groups is 1. The first-order chi connectivity index (χ1) is 14.8. The lowest BCUT2D eigenvalue weighted by atomic mass is 10.1. The molecule has 1 heterocycles. The summed E-state index contributed by atoms with van der Waals surface area (Å²) in [6.07, 6.45) is 0. The monoisotopic (exact) mass is 432 g/mol. The Balaban J connectivity index is 1.68. The van der Waals surface area contributed by atoms with Crippen LogP contribution in [-0.2, 0) is 10.0 Å². The Morgan fingerprint density at radius 2 is 1.58 bits per heavy atom. The summed E-state index contributed by atoms with van der Waals surface area (Å²) in [7, 11) is -3.80. The lowest BCUT2D eigenvalue weighted by Gasteiger charge is -2.07. The van der Waals surface area contributed by atoms with E-state index in [9.17, 15) is 13.2 Å². The number of carbonyl (C=O) groups excluding carboxylic acids is 1. The third kappa shape index (κ3) is 4.55. The summed E-state index contributed by atoms with van der Waals surface area (Å²) in [6, 6.07) is 24.9. The van der Waals surface area contributed by atoms with Gasteiger partial charge in [0.25, 0.3) is 5.91 Å². The molecule has 4 aromatic rings. The maximum absolute atomic E-state index is 12.8. The molecule has 4 rings (SSSR count). The number of nitrogens with zero attached hydrogens (tertiary/aromatic N) is 2. The summed E-state index contributed by atoms with van der Waals surface area (Å²) >= 11 is 0. The van der Waals surface area contributed by atoms with Crippen molar-refractivity contribution in [3.8, 4) is 16.9 Å². The van der Waals surface area contributed by atoms with Crippen molar-refractivity contribution in [1.82, 2.24) is 9.78 Å². The van der Waals surface area contributed by atoms with Crippen molar-refractivity contribution < 1.29 is 13.2 Å². The molecule has 0 spiro atoms. The van der Waals surface area contributed by atoms with Crippen LogP contribution in [0.2, 0.25) is 0 Å². The molecule has 0 aliphatic carbocycles. The molecule has 8 heteroatoms. The fourth-order valence-corrected chi connectivity index (χ4v) is 3.63. The minimum atomic E-state index is -3.80. The van der Waals surface area contributed by atoms with Crippen LogP contribution in [0.4, 0.5) is 5.69 Å². The smallest absolute Gasteiger partial charge is 0.276 e. The third-order valence-electron chi connectivity index (χ3n) is 4.73. The van der Waals surface area contributed by atoms with Crippen molar-refractivity contribution >= 4 is 21.6 Å². The Morgan fingerprint density at radius 1 is 0.935 bits per heavy atom. The van der Waals surface area contributed by atoms with Gasteiger partial charge in [-0.3, -0.25) is 4.79 Å². The number of amides is 1. The molecule has 0 unspecified atom stereocenters. The van der Waals surface area contributed by atoms with Gasteiger partial charge >= 0.3 is 0 Å². The van der Waals surface area contributed by atoms with Gasteiger partial charge in [0.1, 0.15) is 0 Å². The number of sulfonamides is 1. The van der Waals surface area contributed by atoms with Crippen LogP contribution in [0.5, 0.6) is 0 Å². The molecule has 0 bridgehead atoms. The van der Waals surface area contributed by atoms with Crippen LogP contribution < -0.4 is 10.5 Å². The average Bonchev–Trinajstić information content (AvgIpc) is 3.20. The predicted molar refractivity (Wildman–Crippen MR) is 120 cm³/mol. The zero-order valence-corrected chi connectivity index (χ0v) is 17.5. The second kappa shape index (κ2) is 8.17. The highest BCUT2D eigenvalue weighted by molar-refractivity contribution is 7.89. The third-order valence-corrected chi connectivity index (χ3v) is 5.66. The number of benzene rings is 3. The molecule has 0 saturated carbocycles. The van der Waals surface area contributed by atoms with Gasteiger partial charge in [-0.25, -0.2) is 18.2 Å². The molecule has 31 heavy (non-hydrogen) atoms. The number of nitrogens with one attached hydrogen (secondary N) is 1. The van der Waals surface area contributed by atoms with Gasteiger partial charge in [-0.15, -0.1) is 0 Å².